The number of ether oxygens (including phenoxy) is 1. The second-order valence-electron chi connectivity index (χ2n) is 7.01. The molecule has 0 aliphatic carbocycles. The van der Waals surface area contributed by atoms with E-state index in [1.807, 2.05) is 61.7 Å². The van der Waals surface area contributed by atoms with Crippen molar-refractivity contribution in [1.82, 2.24) is 0 Å². The van der Waals surface area contributed by atoms with Gasteiger partial charge in [0.15, 0.2) is 0 Å². The number of carbonyl (C=O) groups excluding carboxylic acids is 2. The Morgan fingerprint density at radius 3 is 2.50 bits per heavy atom. The lowest BCUT2D eigenvalue weighted by Gasteiger charge is -2.16. The van der Waals surface area contributed by atoms with E-state index < -0.39 is 0 Å². The molecule has 3 aromatic rings. The van der Waals surface area contributed by atoms with Crippen LogP contribution in [0.1, 0.15) is 23.8 Å². The molecule has 1 aliphatic heterocycles. The van der Waals surface area contributed by atoms with E-state index in [9.17, 15) is 9.59 Å². The summed E-state index contributed by atoms with van der Waals surface area (Å²) in [6, 6.07) is 18.5. The second-order valence-corrected chi connectivity index (χ2v) is 7.96. The predicted molar refractivity (Wildman–Crippen MR) is 121 cm³/mol. The SMILES string of the molecule is CCCOc1cccc(N2C(=O)C(Nc3ccc(C)cc3)=C(c3cccs3)C2=O)c1. The van der Waals surface area contributed by atoms with Crippen molar-refractivity contribution in [3.63, 3.8) is 0 Å². The number of aryl methyl sites for hydroxylation is 1. The number of rotatable bonds is 7. The van der Waals surface area contributed by atoms with Crippen LogP contribution in [0.25, 0.3) is 5.57 Å². The zero-order chi connectivity index (χ0) is 21.1. The molecule has 1 aromatic heterocycles. The van der Waals surface area contributed by atoms with Gasteiger partial charge in [0.05, 0.1) is 17.9 Å². The molecular weight excluding hydrogens is 396 g/mol. The number of carbonyl (C=O) groups is 2. The number of benzene rings is 2. The first-order valence-electron chi connectivity index (χ1n) is 9.82. The Balaban J connectivity index is 1.72. The van der Waals surface area contributed by atoms with Crippen molar-refractivity contribution in [3.05, 3.63) is 82.2 Å². The maximum absolute atomic E-state index is 13.4. The van der Waals surface area contributed by atoms with Gasteiger partial charge < -0.3 is 10.1 Å². The zero-order valence-electron chi connectivity index (χ0n) is 16.8. The van der Waals surface area contributed by atoms with Crippen LogP contribution in [0.3, 0.4) is 0 Å². The van der Waals surface area contributed by atoms with Crippen LogP contribution in [-0.4, -0.2) is 18.4 Å². The minimum absolute atomic E-state index is 0.284. The number of imide groups is 1. The van der Waals surface area contributed by atoms with Gasteiger partial charge in [0.25, 0.3) is 11.8 Å². The van der Waals surface area contributed by atoms with Gasteiger partial charge in [-0.15, -0.1) is 11.3 Å². The van der Waals surface area contributed by atoms with Gasteiger partial charge in [0.1, 0.15) is 11.4 Å². The normalized spacial score (nSPS) is 13.9. The maximum Gasteiger partial charge on any atom is 0.282 e. The quantitative estimate of drug-likeness (QED) is 0.533. The van der Waals surface area contributed by atoms with Crippen LogP contribution in [0.2, 0.25) is 0 Å². The van der Waals surface area contributed by atoms with Gasteiger partial charge in [-0.25, -0.2) is 4.90 Å². The fourth-order valence-electron chi connectivity index (χ4n) is 3.24. The summed E-state index contributed by atoms with van der Waals surface area (Å²) in [4.78, 5) is 28.7. The first-order chi connectivity index (χ1) is 14.6. The van der Waals surface area contributed by atoms with Gasteiger partial charge in [-0.2, -0.15) is 0 Å². The molecule has 0 radical (unpaired) electrons. The van der Waals surface area contributed by atoms with Crippen LogP contribution in [-0.2, 0) is 9.59 Å². The van der Waals surface area contributed by atoms with Gasteiger partial charge in [-0.05, 0) is 49.1 Å². The maximum atomic E-state index is 13.4. The summed E-state index contributed by atoms with van der Waals surface area (Å²) in [5.41, 5.74) is 3.04. The minimum Gasteiger partial charge on any atom is -0.494 e. The fourth-order valence-corrected chi connectivity index (χ4v) is 4.01. The molecule has 6 heteroatoms. The molecule has 5 nitrogen and oxygen atoms in total. The lowest BCUT2D eigenvalue weighted by molar-refractivity contribution is -0.120. The number of nitrogens with zero attached hydrogens (tertiary/aromatic N) is 1. The predicted octanol–water partition coefficient (Wildman–Crippen LogP) is 5.24. The topological polar surface area (TPSA) is 58.6 Å². The second kappa shape index (κ2) is 8.55. The standard InChI is InChI=1S/C24H22N2O3S/c1-3-13-29-19-7-4-6-18(15-19)26-23(27)21(20-8-5-14-30-20)22(24(26)28)25-17-11-9-16(2)10-12-17/h4-12,14-15,25H,3,13H2,1-2H3. The summed E-state index contributed by atoms with van der Waals surface area (Å²) < 4.78 is 5.68. The number of thiophene rings is 1. The van der Waals surface area contributed by atoms with Gasteiger partial charge in [-0.1, -0.05) is 36.8 Å². The molecule has 2 aromatic carbocycles. The third-order valence-electron chi connectivity index (χ3n) is 4.72. The Hall–Kier alpha value is -3.38. The van der Waals surface area contributed by atoms with Crippen LogP contribution in [0, 0.1) is 6.92 Å². The van der Waals surface area contributed by atoms with E-state index in [0.29, 0.717) is 23.6 Å². The van der Waals surface area contributed by atoms with E-state index in [4.69, 9.17) is 4.74 Å². The Morgan fingerprint density at radius 2 is 1.80 bits per heavy atom. The summed E-state index contributed by atoms with van der Waals surface area (Å²) >= 11 is 1.43. The van der Waals surface area contributed by atoms with Gasteiger partial charge in [0.2, 0.25) is 0 Å². The molecule has 0 fully saturated rings. The van der Waals surface area contributed by atoms with Crippen molar-refractivity contribution in [1.29, 1.82) is 0 Å². The van der Waals surface area contributed by atoms with E-state index in [1.165, 1.54) is 16.2 Å². The fraction of sp³-hybridized carbons (Fsp3) is 0.167. The molecule has 1 N–H and O–H groups in total. The Kier molecular flexibility index (Phi) is 5.68. The van der Waals surface area contributed by atoms with Crippen molar-refractivity contribution < 1.29 is 14.3 Å². The lowest BCUT2D eigenvalue weighted by atomic mass is 10.1. The Bertz CT molecular complexity index is 1100. The average Bonchev–Trinajstić information content (AvgIpc) is 3.35. The zero-order valence-corrected chi connectivity index (χ0v) is 17.7. The highest BCUT2D eigenvalue weighted by molar-refractivity contribution is 7.11. The van der Waals surface area contributed by atoms with E-state index in [0.717, 1.165) is 22.5 Å². The van der Waals surface area contributed by atoms with E-state index >= 15 is 0 Å². The van der Waals surface area contributed by atoms with E-state index in [-0.39, 0.29) is 17.5 Å². The third-order valence-corrected chi connectivity index (χ3v) is 5.61. The number of amides is 2. The summed E-state index contributed by atoms with van der Waals surface area (Å²) in [5, 5.41) is 5.07. The lowest BCUT2D eigenvalue weighted by Crippen LogP contribution is -2.32. The smallest absolute Gasteiger partial charge is 0.282 e. The summed E-state index contributed by atoms with van der Waals surface area (Å²) in [7, 11) is 0. The Labute approximate surface area is 179 Å². The van der Waals surface area contributed by atoms with Crippen molar-refractivity contribution in [2.24, 2.45) is 0 Å². The number of hydrogen-bond donors (Lipinski definition) is 1. The van der Waals surface area contributed by atoms with Crippen LogP contribution >= 0.6 is 11.3 Å². The molecule has 0 unspecified atom stereocenters. The molecule has 0 bridgehead atoms. The van der Waals surface area contributed by atoms with Crippen molar-refractivity contribution in [2.75, 3.05) is 16.8 Å². The molecule has 152 valence electrons. The summed E-state index contributed by atoms with van der Waals surface area (Å²) in [6.45, 7) is 4.60. The highest BCUT2D eigenvalue weighted by Gasteiger charge is 2.40. The van der Waals surface area contributed by atoms with Crippen molar-refractivity contribution in [3.8, 4) is 5.75 Å². The molecule has 0 spiro atoms. The van der Waals surface area contributed by atoms with Gasteiger partial charge >= 0.3 is 0 Å². The highest BCUT2D eigenvalue weighted by atomic mass is 32.1. The third kappa shape index (κ3) is 3.86. The highest BCUT2D eigenvalue weighted by Crippen LogP contribution is 2.36. The first kappa shape index (κ1) is 19.9. The summed E-state index contributed by atoms with van der Waals surface area (Å²) in [5.74, 6) is -0.0890. The molecular formula is C24H22N2O3S. The number of nitrogens with one attached hydrogen (secondary N) is 1. The van der Waals surface area contributed by atoms with Crippen LogP contribution in [0.15, 0.2) is 71.7 Å². The first-order valence-corrected chi connectivity index (χ1v) is 10.7. The van der Waals surface area contributed by atoms with E-state index in [2.05, 4.69) is 5.32 Å². The van der Waals surface area contributed by atoms with E-state index in [1.54, 1.807) is 18.2 Å². The molecule has 2 heterocycles. The molecule has 2 amide bonds. The van der Waals surface area contributed by atoms with Crippen molar-refractivity contribution in [2.45, 2.75) is 20.3 Å². The van der Waals surface area contributed by atoms with Crippen LogP contribution in [0.5, 0.6) is 5.75 Å². The molecule has 1 aliphatic rings. The molecule has 0 saturated carbocycles. The van der Waals surface area contributed by atoms with Gasteiger partial charge in [-0.3, -0.25) is 9.59 Å². The average molecular weight is 419 g/mol. The van der Waals surface area contributed by atoms with Crippen molar-refractivity contribution >= 4 is 40.1 Å². The van der Waals surface area contributed by atoms with Crippen LogP contribution in [0.4, 0.5) is 11.4 Å². The largest absolute Gasteiger partial charge is 0.494 e. The minimum atomic E-state index is -0.378. The summed E-state index contributed by atoms with van der Waals surface area (Å²) in [6.07, 6.45) is 0.875. The Morgan fingerprint density at radius 1 is 1.00 bits per heavy atom. The number of hydrogen-bond acceptors (Lipinski definition) is 5. The molecule has 4 rings (SSSR count). The molecule has 30 heavy (non-hydrogen) atoms. The molecule has 0 atom stereocenters. The molecule has 0 saturated heterocycles. The van der Waals surface area contributed by atoms with Gasteiger partial charge in [0, 0.05) is 16.6 Å². The number of anilines is 2. The monoisotopic (exact) mass is 418 g/mol. The van der Waals surface area contributed by atoms with Crippen LogP contribution < -0.4 is 15.0 Å².